The van der Waals surface area contributed by atoms with E-state index in [1.165, 1.54) is 0 Å². The molecule has 1 heterocycles. The van der Waals surface area contributed by atoms with Gasteiger partial charge in [-0.2, -0.15) is 13.2 Å². The number of nitrogens with zero attached hydrogens (tertiary/aromatic N) is 1. The van der Waals surface area contributed by atoms with Crippen LogP contribution < -0.4 is 4.06 Å². The number of nitro groups is 1. The summed E-state index contributed by atoms with van der Waals surface area (Å²) in [4.78, 5) is 20.9. The van der Waals surface area contributed by atoms with Crippen LogP contribution in [0.1, 0.15) is 5.56 Å². The zero-order valence-corrected chi connectivity index (χ0v) is 10.5. The van der Waals surface area contributed by atoms with E-state index < -0.39 is 31.4 Å². The fourth-order valence-corrected chi connectivity index (χ4v) is 3.83. The van der Waals surface area contributed by atoms with Gasteiger partial charge in [-0.25, -0.2) is 0 Å². The van der Waals surface area contributed by atoms with E-state index in [4.69, 9.17) is 11.6 Å². The third-order valence-electron chi connectivity index (χ3n) is 2.03. The molecule has 0 saturated carbocycles. The Morgan fingerprint density at radius 3 is 2.33 bits per heavy atom. The molecule has 0 saturated heterocycles. The highest BCUT2D eigenvalue weighted by molar-refractivity contribution is 7.36. The van der Waals surface area contributed by atoms with Gasteiger partial charge in [0.15, 0.2) is 0 Å². The lowest BCUT2D eigenvalue weighted by atomic mass is 10.2. The van der Waals surface area contributed by atoms with Crippen molar-refractivity contribution in [2.24, 2.45) is 0 Å². The Hall–Kier alpha value is -1.19. The Morgan fingerprint density at radius 1 is 1.28 bits per heavy atom. The van der Waals surface area contributed by atoms with Crippen LogP contribution in [0.5, 0.6) is 0 Å². The van der Waals surface area contributed by atoms with Gasteiger partial charge in [0.2, 0.25) is 0 Å². The molecule has 4 nitrogen and oxygen atoms in total. The van der Waals surface area contributed by atoms with Crippen LogP contribution >= 0.6 is 34.3 Å². The van der Waals surface area contributed by atoms with Crippen molar-refractivity contribution in [3.8, 4) is 0 Å². The van der Waals surface area contributed by atoms with E-state index in [0.717, 1.165) is 0 Å². The number of nitro benzene ring substituents is 1. The first-order valence-electron chi connectivity index (χ1n) is 4.19. The van der Waals surface area contributed by atoms with E-state index in [-0.39, 0.29) is 9.40 Å². The van der Waals surface area contributed by atoms with E-state index in [1.807, 2.05) is 0 Å². The van der Waals surface area contributed by atoms with Gasteiger partial charge < -0.3 is 0 Å². The molecular formula is C8HClF3NO3S2. The first-order chi connectivity index (χ1) is 8.21. The fraction of sp³-hybridized carbons (Fsp3) is 0.125. The number of alkyl halides is 3. The number of fused-ring (bicyclic) bond motifs is 1. The highest BCUT2D eigenvalue weighted by Gasteiger charge is 2.37. The number of hydrogen-bond donors (Lipinski definition) is 0. The fourth-order valence-electron chi connectivity index (χ4n) is 1.32. The number of halogens is 4. The summed E-state index contributed by atoms with van der Waals surface area (Å²) in [5, 5.41) is 10.0. The van der Waals surface area contributed by atoms with Crippen LogP contribution in [0.15, 0.2) is 10.9 Å². The molecule has 0 bridgehead atoms. The van der Waals surface area contributed by atoms with Crippen molar-refractivity contribution < 1.29 is 18.1 Å². The van der Waals surface area contributed by atoms with Crippen LogP contribution in [0, 0.1) is 10.1 Å². The third-order valence-corrected chi connectivity index (χ3v) is 4.73. The molecule has 1 aromatic heterocycles. The van der Waals surface area contributed by atoms with Crippen LogP contribution in [0.4, 0.5) is 18.9 Å². The van der Waals surface area contributed by atoms with Crippen molar-refractivity contribution in [2.75, 3.05) is 0 Å². The number of hydrogen-bond acceptors (Lipinski definition) is 5. The molecule has 0 spiro atoms. The minimum absolute atomic E-state index is 0.131. The SMILES string of the molecule is O=c1sc2c([N+](=O)[O-])cc(C(F)(F)F)c(Cl)c2s1. The molecule has 0 N–H and O–H groups in total. The molecule has 0 aliphatic heterocycles. The third kappa shape index (κ3) is 2.08. The Kier molecular flexibility index (Phi) is 3.07. The van der Waals surface area contributed by atoms with Crippen molar-refractivity contribution in [1.82, 2.24) is 0 Å². The Morgan fingerprint density at radius 2 is 1.83 bits per heavy atom. The number of rotatable bonds is 1. The minimum atomic E-state index is -4.81. The summed E-state index contributed by atoms with van der Waals surface area (Å²) in [6, 6.07) is 0.354. The average Bonchev–Trinajstić information content (AvgIpc) is 2.58. The van der Waals surface area contributed by atoms with E-state index in [0.29, 0.717) is 28.7 Å². The summed E-state index contributed by atoms with van der Waals surface area (Å²) in [6.45, 7) is 0. The molecular weight excluding hydrogens is 315 g/mol. The average molecular weight is 316 g/mol. The normalized spacial score (nSPS) is 12.0. The van der Waals surface area contributed by atoms with Crippen LogP contribution in [0.2, 0.25) is 5.02 Å². The molecule has 0 aliphatic rings. The highest BCUT2D eigenvalue weighted by Crippen LogP contribution is 2.44. The Bertz CT molecular complexity index is 706. The predicted octanol–water partition coefficient (Wildman–Crippen LogP) is 3.90. The Balaban J connectivity index is 2.96. The standard InChI is InChI=1S/C8HClF3NO3S2/c9-4-2(8(10,11)12)1-3(13(15)16)5-6(4)18-7(14)17-5/h1H. The molecule has 0 radical (unpaired) electrons. The van der Waals surface area contributed by atoms with Crippen molar-refractivity contribution in [3.05, 3.63) is 35.6 Å². The van der Waals surface area contributed by atoms with Crippen molar-refractivity contribution in [3.63, 3.8) is 0 Å². The molecule has 2 rings (SSSR count). The van der Waals surface area contributed by atoms with Gasteiger partial charge in [0.05, 0.1) is 20.2 Å². The molecule has 2 aromatic rings. The van der Waals surface area contributed by atoms with E-state index in [2.05, 4.69) is 0 Å². The molecule has 1 aromatic carbocycles. The number of non-ortho nitro benzene ring substituents is 1. The minimum Gasteiger partial charge on any atom is -0.265 e. The molecule has 0 atom stereocenters. The quantitative estimate of drug-likeness (QED) is 0.592. The molecule has 0 aliphatic carbocycles. The van der Waals surface area contributed by atoms with Gasteiger partial charge in [0.25, 0.3) is 9.74 Å². The van der Waals surface area contributed by atoms with Gasteiger partial charge in [-0.15, -0.1) is 0 Å². The lowest BCUT2D eigenvalue weighted by molar-refractivity contribution is -0.383. The Labute approximate surface area is 109 Å². The van der Waals surface area contributed by atoms with Crippen molar-refractivity contribution >= 4 is 49.4 Å². The van der Waals surface area contributed by atoms with Crippen LogP contribution in [0.25, 0.3) is 9.40 Å². The van der Waals surface area contributed by atoms with E-state index in [1.54, 1.807) is 0 Å². The maximum absolute atomic E-state index is 12.6. The lowest BCUT2D eigenvalue weighted by Gasteiger charge is -2.08. The molecule has 96 valence electrons. The maximum atomic E-state index is 12.6. The maximum Gasteiger partial charge on any atom is 0.418 e. The zero-order valence-electron chi connectivity index (χ0n) is 8.08. The first kappa shape index (κ1) is 13.2. The van der Waals surface area contributed by atoms with Crippen molar-refractivity contribution in [2.45, 2.75) is 6.18 Å². The second kappa shape index (κ2) is 4.18. The lowest BCUT2D eigenvalue weighted by Crippen LogP contribution is -2.06. The molecule has 0 amide bonds. The van der Waals surface area contributed by atoms with Crippen LogP contribution in [0.3, 0.4) is 0 Å². The summed E-state index contributed by atoms with van der Waals surface area (Å²) in [7, 11) is 0. The summed E-state index contributed by atoms with van der Waals surface area (Å²) in [6.07, 6.45) is -4.81. The second-order valence-electron chi connectivity index (χ2n) is 3.12. The smallest absolute Gasteiger partial charge is 0.265 e. The summed E-state index contributed by atoms with van der Waals surface area (Å²) in [5.74, 6) is 0. The molecule has 18 heavy (non-hydrogen) atoms. The van der Waals surface area contributed by atoms with Gasteiger partial charge in [-0.05, 0) is 0 Å². The van der Waals surface area contributed by atoms with Gasteiger partial charge in [0.1, 0.15) is 4.70 Å². The zero-order chi connectivity index (χ0) is 13.7. The van der Waals surface area contributed by atoms with Gasteiger partial charge in [-0.3, -0.25) is 14.9 Å². The van der Waals surface area contributed by atoms with Crippen LogP contribution in [-0.4, -0.2) is 4.92 Å². The van der Waals surface area contributed by atoms with E-state index in [9.17, 15) is 28.1 Å². The monoisotopic (exact) mass is 315 g/mol. The predicted molar refractivity (Wildman–Crippen MR) is 62.6 cm³/mol. The summed E-state index contributed by atoms with van der Waals surface area (Å²) < 4.78 is 37.1. The highest BCUT2D eigenvalue weighted by atomic mass is 35.5. The van der Waals surface area contributed by atoms with Gasteiger partial charge >= 0.3 is 6.18 Å². The first-order valence-corrected chi connectivity index (χ1v) is 6.20. The van der Waals surface area contributed by atoms with Gasteiger partial charge in [-0.1, -0.05) is 34.3 Å². The van der Waals surface area contributed by atoms with Gasteiger partial charge in [0, 0.05) is 6.07 Å². The molecule has 0 fully saturated rings. The topological polar surface area (TPSA) is 60.2 Å². The summed E-state index contributed by atoms with van der Waals surface area (Å²) in [5.41, 5.74) is -2.07. The van der Waals surface area contributed by atoms with E-state index >= 15 is 0 Å². The van der Waals surface area contributed by atoms with Crippen molar-refractivity contribution in [1.29, 1.82) is 0 Å². The molecule has 10 heteroatoms. The second-order valence-corrected chi connectivity index (χ2v) is 5.73. The molecule has 0 unspecified atom stereocenters. The summed E-state index contributed by atoms with van der Waals surface area (Å²) >= 11 is 6.53. The van der Waals surface area contributed by atoms with Crippen LogP contribution in [-0.2, 0) is 6.18 Å². The largest absolute Gasteiger partial charge is 0.418 e. The number of benzene rings is 1.